The number of esters is 1. The van der Waals surface area contributed by atoms with Crippen LogP contribution in [-0.2, 0) is 19.0 Å². The van der Waals surface area contributed by atoms with Gasteiger partial charge >= 0.3 is 5.97 Å². The van der Waals surface area contributed by atoms with E-state index in [9.17, 15) is 9.18 Å². The van der Waals surface area contributed by atoms with Crippen molar-refractivity contribution < 1.29 is 23.4 Å². The summed E-state index contributed by atoms with van der Waals surface area (Å²) < 4.78 is 27.8. The van der Waals surface area contributed by atoms with Crippen LogP contribution >= 0.6 is 23.2 Å². The Balaban J connectivity index is 2.41. The first-order valence-electron chi connectivity index (χ1n) is 6.92. The fourth-order valence-electron chi connectivity index (χ4n) is 1.78. The number of halogens is 3. The van der Waals surface area contributed by atoms with Crippen molar-refractivity contribution in [1.29, 1.82) is 0 Å². The summed E-state index contributed by atoms with van der Waals surface area (Å²) in [5.41, 5.74) is 5.45. The number of alkyl halides is 1. The van der Waals surface area contributed by atoms with Crippen LogP contribution in [-0.4, -0.2) is 50.2 Å². The molecule has 1 fully saturated rings. The van der Waals surface area contributed by atoms with Crippen LogP contribution in [0.4, 0.5) is 4.39 Å². The number of hydrogen-bond donors (Lipinski definition) is 1. The zero-order valence-electron chi connectivity index (χ0n) is 12.6. The summed E-state index contributed by atoms with van der Waals surface area (Å²) in [4.78, 5) is 15.4. The highest BCUT2D eigenvalue weighted by molar-refractivity contribution is 6.33. The highest BCUT2D eigenvalue weighted by atomic mass is 35.5. The second-order valence-corrected chi connectivity index (χ2v) is 5.53. The summed E-state index contributed by atoms with van der Waals surface area (Å²) in [6.07, 6.45) is 3.16. The third-order valence-corrected chi connectivity index (χ3v) is 3.56. The Morgan fingerprint density at radius 1 is 1.57 bits per heavy atom. The summed E-state index contributed by atoms with van der Waals surface area (Å²) in [6, 6.07) is 0. The molecule has 0 aromatic rings. The maximum atomic E-state index is 12.2. The largest absolute Gasteiger partial charge is 0.468 e. The number of aliphatic imine (C=N–C) groups is 1. The molecule has 1 aliphatic rings. The molecule has 2 unspecified atom stereocenters. The average molecular weight is 369 g/mol. The molecule has 23 heavy (non-hydrogen) atoms. The minimum Gasteiger partial charge on any atom is -0.468 e. The smallest absolute Gasteiger partial charge is 0.344 e. The van der Waals surface area contributed by atoms with E-state index in [0.29, 0.717) is 6.61 Å². The zero-order chi connectivity index (χ0) is 17.2. The van der Waals surface area contributed by atoms with E-state index in [4.69, 9.17) is 43.1 Å². The van der Waals surface area contributed by atoms with E-state index in [1.807, 2.05) is 0 Å². The van der Waals surface area contributed by atoms with Crippen LogP contribution in [0.3, 0.4) is 0 Å². The molecule has 0 aromatic carbocycles. The Kier molecular flexibility index (Phi) is 8.98. The Labute approximate surface area is 144 Å². The van der Waals surface area contributed by atoms with Gasteiger partial charge in [0.1, 0.15) is 18.3 Å². The van der Waals surface area contributed by atoms with E-state index >= 15 is 0 Å². The molecular weight excluding hydrogens is 350 g/mol. The lowest BCUT2D eigenvalue weighted by Crippen LogP contribution is -2.25. The van der Waals surface area contributed by atoms with Gasteiger partial charge in [-0.1, -0.05) is 11.6 Å². The van der Waals surface area contributed by atoms with Crippen molar-refractivity contribution in [3.8, 4) is 0 Å². The molecule has 1 aliphatic heterocycles. The molecule has 0 radical (unpaired) electrons. The lowest BCUT2D eigenvalue weighted by Gasteiger charge is -2.13. The molecule has 2 N–H and O–H groups in total. The van der Waals surface area contributed by atoms with Crippen LogP contribution in [0.2, 0.25) is 0 Å². The molecular formula is C14H19Cl2FN2O4. The monoisotopic (exact) mass is 368 g/mol. The van der Waals surface area contributed by atoms with Gasteiger partial charge in [-0.15, -0.1) is 11.6 Å². The zero-order valence-corrected chi connectivity index (χ0v) is 14.1. The number of carbonyl (C=O) groups is 1. The standard InChI is InChI=1S/C14H19Cl2FN2O4/c1-19-14(10(15)5-12(18)11(16)6-17)23-8-13(20)22-7-9-3-2-4-21-9/h5-6,9-10H,2-4,7-8,18H2,1H3/b11-6-,12-5+,19-14?. The first-order chi connectivity index (χ1) is 11.0. The predicted octanol–water partition coefficient (Wildman–Crippen LogP) is 2.25. The molecule has 1 heterocycles. The van der Waals surface area contributed by atoms with Crippen molar-refractivity contribution >= 4 is 35.1 Å². The first kappa shape index (κ1) is 19.7. The predicted molar refractivity (Wildman–Crippen MR) is 86.2 cm³/mol. The van der Waals surface area contributed by atoms with Gasteiger partial charge in [0.15, 0.2) is 6.61 Å². The van der Waals surface area contributed by atoms with Gasteiger partial charge in [0.05, 0.1) is 16.8 Å². The number of nitrogens with zero attached hydrogens (tertiary/aromatic N) is 1. The van der Waals surface area contributed by atoms with E-state index in [2.05, 4.69) is 4.99 Å². The van der Waals surface area contributed by atoms with Crippen LogP contribution < -0.4 is 5.73 Å². The van der Waals surface area contributed by atoms with Gasteiger partial charge in [0, 0.05) is 13.7 Å². The summed E-state index contributed by atoms with van der Waals surface area (Å²) >= 11 is 11.5. The molecule has 9 heteroatoms. The fraction of sp³-hybridized carbons (Fsp3) is 0.571. The van der Waals surface area contributed by atoms with Gasteiger partial charge in [0.2, 0.25) is 5.90 Å². The molecule has 0 amide bonds. The highest BCUT2D eigenvalue weighted by Crippen LogP contribution is 2.14. The quantitative estimate of drug-likeness (QED) is 0.245. The average Bonchev–Trinajstić information content (AvgIpc) is 3.05. The van der Waals surface area contributed by atoms with Gasteiger partial charge in [-0.25, -0.2) is 9.18 Å². The lowest BCUT2D eigenvalue weighted by molar-refractivity contribution is -0.149. The van der Waals surface area contributed by atoms with Crippen LogP contribution in [0, 0.1) is 0 Å². The second kappa shape index (κ2) is 10.5. The molecule has 0 bridgehead atoms. The van der Waals surface area contributed by atoms with E-state index in [1.54, 1.807) is 0 Å². The molecule has 2 atom stereocenters. The number of carbonyl (C=O) groups excluding carboxylic acids is 1. The number of nitrogens with two attached hydrogens (primary N) is 1. The molecule has 0 saturated carbocycles. The van der Waals surface area contributed by atoms with E-state index in [-0.39, 0.29) is 42.3 Å². The summed E-state index contributed by atoms with van der Waals surface area (Å²) in [5.74, 6) is -0.531. The normalized spacial score (nSPS) is 21.2. The van der Waals surface area contributed by atoms with Crippen LogP contribution in [0.5, 0.6) is 0 Å². The molecule has 0 aliphatic carbocycles. The fourth-order valence-corrected chi connectivity index (χ4v) is 2.13. The lowest BCUT2D eigenvalue weighted by atomic mass is 10.2. The van der Waals surface area contributed by atoms with E-state index in [1.165, 1.54) is 13.1 Å². The molecule has 6 nitrogen and oxygen atoms in total. The SMILES string of the molecule is CN=C(OCC(=O)OCC1CCCO1)C(Cl)/C=C(N)\C(Cl)=C\F. The number of hydrogen-bond acceptors (Lipinski definition) is 6. The minimum atomic E-state index is -0.903. The third kappa shape index (κ3) is 7.20. The van der Waals surface area contributed by atoms with Gasteiger partial charge in [-0.05, 0) is 18.9 Å². The van der Waals surface area contributed by atoms with E-state index < -0.39 is 11.3 Å². The first-order valence-corrected chi connectivity index (χ1v) is 7.73. The van der Waals surface area contributed by atoms with Crippen molar-refractivity contribution in [2.75, 3.05) is 26.9 Å². The molecule has 0 spiro atoms. The molecule has 0 aromatic heterocycles. The van der Waals surface area contributed by atoms with Crippen molar-refractivity contribution in [3.63, 3.8) is 0 Å². The van der Waals surface area contributed by atoms with Crippen molar-refractivity contribution in [3.05, 3.63) is 23.1 Å². The van der Waals surface area contributed by atoms with Crippen LogP contribution in [0.15, 0.2) is 28.1 Å². The topological polar surface area (TPSA) is 83.1 Å². The summed E-state index contributed by atoms with van der Waals surface area (Å²) in [6.45, 7) is 0.515. The maximum Gasteiger partial charge on any atom is 0.344 e. The van der Waals surface area contributed by atoms with Gasteiger partial charge in [-0.3, -0.25) is 4.99 Å². The van der Waals surface area contributed by atoms with Crippen molar-refractivity contribution in [2.24, 2.45) is 10.7 Å². The molecule has 130 valence electrons. The summed E-state index contributed by atoms with van der Waals surface area (Å²) in [7, 11) is 1.43. The second-order valence-electron chi connectivity index (χ2n) is 4.65. The maximum absolute atomic E-state index is 12.2. The third-order valence-electron chi connectivity index (χ3n) is 2.95. The Morgan fingerprint density at radius 3 is 2.87 bits per heavy atom. The number of allylic oxidation sites excluding steroid dienone is 1. The van der Waals surface area contributed by atoms with Crippen molar-refractivity contribution in [2.45, 2.75) is 24.3 Å². The van der Waals surface area contributed by atoms with Gasteiger partial charge in [-0.2, -0.15) is 0 Å². The Hall–Kier alpha value is -1.31. The number of rotatable bonds is 7. The van der Waals surface area contributed by atoms with Crippen LogP contribution in [0.1, 0.15) is 12.8 Å². The van der Waals surface area contributed by atoms with Crippen LogP contribution in [0.25, 0.3) is 0 Å². The highest BCUT2D eigenvalue weighted by Gasteiger charge is 2.19. The molecule has 1 saturated heterocycles. The summed E-state index contributed by atoms with van der Waals surface area (Å²) in [5, 5.41) is -1.19. The van der Waals surface area contributed by atoms with Gasteiger partial charge in [0.25, 0.3) is 0 Å². The Bertz CT molecular complexity index is 491. The number of ether oxygens (including phenoxy) is 3. The van der Waals surface area contributed by atoms with Crippen molar-refractivity contribution in [1.82, 2.24) is 0 Å². The Morgan fingerprint density at radius 2 is 2.30 bits per heavy atom. The van der Waals surface area contributed by atoms with Gasteiger partial charge < -0.3 is 19.9 Å². The van der Waals surface area contributed by atoms with E-state index in [0.717, 1.165) is 12.8 Å². The minimum absolute atomic E-state index is 0.0343. The molecule has 1 rings (SSSR count).